The summed E-state index contributed by atoms with van der Waals surface area (Å²) in [5, 5.41) is 12.1. The molecular formula is C13H20N4O3. The molecule has 0 saturated heterocycles. The highest BCUT2D eigenvalue weighted by Crippen LogP contribution is 2.37. The molecule has 3 N–H and O–H groups in total. The number of nitrogens with one attached hydrogen (secondary N) is 2. The summed E-state index contributed by atoms with van der Waals surface area (Å²) in [4.78, 5) is 31.8. The minimum absolute atomic E-state index is 0.184. The number of imidazole rings is 1. The van der Waals surface area contributed by atoms with E-state index in [0.717, 1.165) is 12.8 Å². The van der Waals surface area contributed by atoms with Crippen molar-refractivity contribution in [1.82, 2.24) is 20.2 Å². The molecule has 1 aromatic heterocycles. The van der Waals surface area contributed by atoms with E-state index in [9.17, 15) is 14.7 Å². The van der Waals surface area contributed by atoms with Gasteiger partial charge in [-0.05, 0) is 12.8 Å². The van der Waals surface area contributed by atoms with Crippen molar-refractivity contribution < 1.29 is 14.7 Å². The second-order valence-electron chi connectivity index (χ2n) is 5.34. The second kappa shape index (κ2) is 5.94. The van der Waals surface area contributed by atoms with Crippen molar-refractivity contribution in [2.45, 2.75) is 32.2 Å². The lowest BCUT2D eigenvalue weighted by molar-refractivity contribution is -0.148. The SMILES string of the molecule is CN(Cc1ncc[nH]1)C(=O)NCC1(C(=O)O)CCCC1. The predicted octanol–water partition coefficient (Wildman–Crippen LogP) is 1.20. The van der Waals surface area contributed by atoms with Gasteiger partial charge >= 0.3 is 12.0 Å². The van der Waals surface area contributed by atoms with E-state index in [1.807, 2.05) is 0 Å². The molecule has 0 atom stereocenters. The molecule has 1 saturated carbocycles. The van der Waals surface area contributed by atoms with Crippen LogP contribution in [0, 0.1) is 5.41 Å². The van der Waals surface area contributed by atoms with Crippen molar-refractivity contribution >= 4 is 12.0 Å². The molecular weight excluding hydrogens is 260 g/mol. The third kappa shape index (κ3) is 3.09. The van der Waals surface area contributed by atoms with Crippen LogP contribution in [-0.4, -0.2) is 45.6 Å². The van der Waals surface area contributed by atoms with Gasteiger partial charge in [0.25, 0.3) is 0 Å². The topological polar surface area (TPSA) is 98.3 Å². The number of carboxylic acid groups (broad SMARTS) is 1. The highest BCUT2D eigenvalue weighted by atomic mass is 16.4. The zero-order valence-electron chi connectivity index (χ0n) is 11.6. The quantitative estimate of drug-likeness (QED) is 0.754. The van der Waals surface area contributed by atoms with Crippen molar-refractivity contribution in [2.24, 2.45) is 5.41 Å². The molecule has 0 aliphatic heterocycles. The van der Waals surface area contributed by atoms with Gasteiger partial charge in [0, 0.05) is 26.0 Å². The number of carboxylic acids is 1. The fourth-order valence-electron chi connectivity index (χ4n) is 2.58. The number of rotatable bonds is 5. The Morgan fingerprint density at radius 3 is 2.75 bits per heavy atom. The number of aromatic nitrogens is 2. The number of aliphatic carboxylic acids is 1. The highest BCUT2D eigenvalue weighted by Gasteiger charge is 2.41. The third-order valence-corrected chi connectivity index (χ3v) is 3.88. The van der Waals surface area contributed by atoms with Crippen LogP contribution in [0.15, 0.2) is 12.4 Å². The van der Waals surface area contributed by atoms with Crippen LogP contribution in [0.5, 0.6) is 0 Å². The van der Waals surface area contributed by atoms with Crippen LogP contribution < -0.4 is 5.32 Å². The largest absolute Gasteiger partial charge is 0.481 e. The lowest BCUT2D eigenvalue weighted by atomic mass is 9.86. The van der Waals surface area contributed by atoms with Crippen molar-refractivity contribution in [2.75, 3.05) is 13.6 Å². The minimum atomic E-state index is -0.816. The highest BCUT2D eigenvalue weighted by molar-refractivity contribution is 5.78. The summed E-state index contributed by atoms with van der Waals surface area (Å²) in [7, 11) is 1.65. The number of hydrogen-bond donors (Lipinski definition) is 3. The first kappa shape index (κ1) is 14.4. The van der Waals surface area contributed by atoms with E-state index in [1.165, 1.54) is 4.90 Å². The van der Waals surface area contributed by atoms with Crippen LogP contribution in [0.4, 0.5) is 4.79 Å². The zero-order chi connectivity index (χ0) is 14.6. The number of carbonyl (C=O) groups is 2. The maximum absolute atomic E-state index is 12.0. The Hall–Kier alpha value is -2.05. The summed E-state index contributed by atoms with van der Waals surface area (Å²) in [6.45, 7) is 0.544. The Morgan fingerprint density at radius 2 is 2.20 bits per heavy atom. The number of amides is 2. The Labute approximate surface area is 117 Å². The first-order valence-corrected chi connectivity index (χ1v) is 6.74. The maximum Gasteiger partial charge on any atom is 0.317 e. The van der Waals surface area contributed by atoms with Crippen molar-refractivity contribution in [3.05, 3.63) is 18.2 Å². The van der Waals surface area contributed by atoms with Crippen LogP contribution >= 0.6 is 0 Å². The van der Waals surface area contributed by atoms with Gasteiger partial charge in [-0.15, -0.1) is 0 Å². The van der Waals surface area contributed by atoms with Crippen LogP contribution in [0.2, 0.25) is 0 Å². The lowest BCUT2D eigenvalue weighted by Crippen LogP contribution is -2.45. The summed E-state index contributed by atoms with van der Waals surface area (Å²) in [6, 6.07) is -0.283. The van der Waals surface area contributed by atoms with Crippen LogP contribution in [-0.2, 0) is 11.3 Å². The molecule has 7 nitrogen and oxygen atoms in total. The molecule has 1 aliphatic carbocycles. The van der Waals surface area contributed by atoms with Crippen molar-refractivity contribution in [1.29, 1.82) is 0 Å². The fourth-order valence-corrected chi connectivity index (χ4v) is 2.58. The van der Waals surface area contributed by atoms with Gasteiger partial charge in [0.1, 0.15) is 5.82 Å². The van der Waals surface area contributed by atoms with E-state index in [2.05, 4.69) is 15.3 Å². The Morgan fingerprint density at radius 1 is 1.50 bits per heavy atom. The molecule has 0 unspecified atom stereocenters. The molecule has 2 rings (SSSR count). The molecule has 1 fully saturated rings. The molecule has 0 spiro atoms. The lowest BCUT2D eigenvalue weighted by Gasteiger charge is -2.25. The van der Waals surface area contributed by atoms with Gasteiger partial charge < -0.3 is 20.3 Å². The van der Waals surface area contributed by atoms with Crippen molar-refractivity contribution in [3.8, 4) is 0 Å². The van der Waals surface area contributed by atoms with Gasteiger partial charge in [-0.2, -0.15) is 0 Å². The zero-order valence-corrected chi connectivity index (χ0v) is 11.6. The van der Waals surface area contributed by atoms with E-state index in [1.54, 1.807) is 19.4 Å². The third-order valence-electron chi connectivity index (χ3n) is 3.88. The van der Waals surface area contributed by atoms with Crippen LogP contribution in [0.25, 0.3) is 0 Å². The predicted molar refractivity (Wildman–Crippen MR) is 72.0 cm³/mol. The summed E-state index contributed by atoms with van der Waals surface area (Å²) in [5.41, 5.74) is -0.790. The van der Waals surface area contributed by atoms with E-state index in [4.69, 9.17) is 0 Å². The molecule has 20 heavy (non-hydrogen) atoms. The molecule has 1 heterocycles. The Kier molecular flexibility index (Phi) is 4.26. The van der Waals surface area contributed by atoms with Crippen LogP contribution in [0.3, 0.4) is 0 Å². The fraction of sp³-hybridized carbons (Fsp3) is 0.615. The number of urea groups is 1. The van der Waals surface area contributed by atoms with E-state index in [-0.39, 0.29) is 12.6 Å². The summed E-state index contributed by atoms with van der Waals surface area (Å²) in [6.07, 6.45) is 6.39. The molecule has 1 aromatic rings. The minimum Gasteiger partial charge on any atom is -0.481 e. The average Bonchev–Trinajstić information content (AvgIpc) is 3.07. The van der Waals surface area contributed by atoms with Gasteiger partial charge in [0.2, 0.25) is 0 Å². The normalized spacial score (nSPS) is 16.9. The first-order chi connectivity index (χ1) is 9.53. The van der Waals surface area contributed by atoms with Crippen molar-refractivity contribution in [3.63, 3.8) is 0 Å². The number of hydrogen-bond acceptors (Lipinski definition) is 3. The molecule has 1 aliphatic rings. The number of H-pyrrole nitrogens is 1. The van der Waals surface area contributed by atoms with Crippen LogP contribution in [0.1, 0.15) is 31.5 Å². The Balaban J connectivity index is 1.86. The summed E-state index contributed by atoms with van der Waals surface area (Å²) >= 11 is 0. The van der Waals surface area contributed by atoms with Gasteiger partial charge in [-0.25, -0.2) is 9.78 Å². The Bertz CT molecular complexity index is 466. The van der Waals surface area contributed by atoms with Gasteiger partial charge in [0.05, 0.1) is 12.0 Å². The molecule has 0 radical (unpaired) electrons. The van der Waals surface area contributed by atoms with Gasteiger partial charge in [-0.1, -0.05) is 12.8 Å². The van der Waals surface area contributed by atoms with E-state index < -0.39 is 11.4 Å². The molecule has 0 aromatic carbocycles. The number of nitrogens with zero attached hydrogens (tertiary/aromatic N) is 2. The maximum atomic E-state index is 12.0. The molecule has 0 bridgehead atoms. The number of aromatic amines is 1. The first-order valence-electron chi connectivity index (χ1n) is 6.74. The molecule has 110 valence electrons. The van der Waals surface area contributed by atoms with Gasteiger partial charge in [-0.3, -0.25) is 4.79 Å². The summed E-state index contributed by atoms with van der Waals surface area (Å²) < 4.78 is 0. The smallest absolute Gasteiger partial charge is 0.317 e. The summed E-state index contributed by atoms with van der Waals surface area (Å²) in [5.74, 6) is -0.125. The average molecular weight is 280 g/mol. The monoisotopic (exact) mass is 280 g/mol. The second-order valence-corrected chi connectivity index (χ2v) is 5.34. The number of carbonyl (C=O) groups excluding carboxylic acids is 1. The molecule has 7 heteroatoms. The van der Waals surface area contributed by atoms with Gasteiger partial charge in [0.15, 0.2) is 0 Å². The van der Waals surface area contributed by atoms with E-state index in [0.29, 0.717) is 25.2 Å². The molecule has 2 amide bonds. The standard InChI is InChI=1S/C13H20N4O3/c1-17(8-10-14-6-7-15-10)12(20)16-9-13(11(18)19)4-2-3-5-13/h6-7H,2-5,8-9H2,1H3,(H,14,15)(H,16,20)(H,18,19). The van der Waals surface area contributed by atoms with E-state index >= 15 is 0 Å².